The fourth-order valence-electron chi connectivity index (χ4n) is 2.75. The third kappa shape index (κ3) is 3.28. The number of nitrogens with two attached hydrogens (primary N) is 2. The maximum Gasteiger partial charge on any atom is 0.254 e. The van der Waals surface area contributed by atoms with Gasteiger partial charge < -0.3 is 16.8 Å². The van der Waals surface area contributed by atoms with Crippen LogP contribution in [0.1, 0.15) is 15.9 Å². The molecule has 5 N–H and O–H groups in total. The Morgan fingerprint density at radius 3 is 2.63 bits per heavy atom. The summed E-state index contributed by atoms with van der Waals surface area (Å²) in [7, 11) is 0. The molecule has 0 atom stereocenters. The lowest BCUT2D eigenvalue weighted by Gasteiger charge is -2.06. The minimum absolute atomic E-state index is 0.255. The highest BCUT2D eigenvalue weighted by atomic mass is 16.1. The van der Waals surface area contributed by atoms with E-state index in [-0.39, 0.29) is 5.91 Å². The molecular formula is C19H17N7O. The molecule has 4 aromatic rings. The van der Waals surface area contributed by atoms with Gasteiger partial charge in [0.25, 0.3) is 5.91 Å². The Hall–Kier alpha value is -3.94. The predicted octanol–water partition coefficient (Wildman–Crippen LogP) is 1.89. The zero-order valence-corrected chi connectivity index (χ0v) is 14.3. The summed E-state index contributed by atoms with van der Waals surface area (Å²) in [6.07, 6.45) is 4.78. The molecule has 8 nitrogen and oxygen atoms in total. The number of carbonyl (C=O) groups excluding carboxylic acids is 1. The highest BCUT2D eigenvalue weighted by Gasteiger charge is 2.16. The summed E-state index contributed by atoms with van der Waals surface area (Å²) in [6, 6.07) is 12.8. The third-order valence-corrected chi connectivity index (χ3v) is 4.12. The number of hydrogen-bond acceptors (Lipinski definition) is 6. The summed E-state index contributed by atoms with van der Waals surface area (Å²) < 4.78 is 1.50. The number of aromatic nitrogens is 4. The molecule has 0 saturated carbocycles. The van der Waals surface area contributed by atoms with Crippen molar-refractivity contribution in [3.63, 3.8) is 0 Å². The summed E-state index contributed by atoms with van der Waals surface area (Å²) in [4.78, 5) is 21.1. The number of nitrogens with one attached hydrogen (secondary N) is 1. The average Bonchev–Trinajstić information content (AvgIpc) is 3.02. The van der Waals surface area contributed by atoms with Gasteiger partial charge in [-0.2, -0.15) is 0 Å². The van der Waals surface area contributed by atoms with Crippen LogP contribution in [-0.2, 0) is 6.54 Å². The Balaban J connectivity index is 1.58. The van der Waals surface area contributed by atoms with E-state index in [0.29, 0.717) is 40.5 Å². The fraction of sp³-hybridized carbons (Fsp3) is 0.0526. The maximum absolute atomic E-state index is 12.4. The first kappa shape index (κ1) is 16.5. The van der Waals surface area contributed by atoms with Gasteiger partial charge >= 0.3 is 0 Å². The van der Waals surface area contributed by atoms with Crippen LogP contribution in [0.5, 0.6) is 0 Å². The second-order valence-corrected chi connectivity index (χ2v) is 6.01. The molecule has 0 radical (unpaired) electrons. The van der Waals surface area contributed by atoms with Crippen molar-refractivity contribution in [2.45, 2.75) is 6.54 Å². The molecule has 8 heteroatoms. The van der Waals surface area contributed by atoms with Crippen LogP contribution in [0.15, 0.2) is 61.1 Å². The van der Waals surface area contributed by atoms with Crippen LogP contribution in [-0.4, -0.2) is 25.5 Å². The average molecular weight is 359 g/mol. The van der Waals surface area contributed by atoms with E-state index in [1.807, 2.05) is 30.3 Å². The molecule has 1 amide bonds. The largest absolute Gasteiger partial charge is 0.399 e. The predicted molar refractivity (Wildman–Crippen MR) is 103 cm³/mol. The topological polar surface area (TPSA) is 124 Å². The van der Waals surface area contributed by atoms with Gasteiger partial charge in [-0.3, -0.25) is 9.78 Å². The molecule has 0 aliphatic rings. The van der Waals surface area contributed by atoms with Gasteiger partial charge in [-0.05, 0) is 29.8 Å². The summed E-state index contributed by atoms with van der Waals surface area (Å²) in [5.41, 5.74) is 15.6. The first-order valence-corrected chi connectivity index (χ1v) is 8.29. The van der Waals surface area contributed by atoms with Crippen LogP contribution in [0.3, 0.4) is 0 Å². The maximum atomic E-state index is 12.4. The number of nitrogen functional groups attached to an aromatic ring is 2. The number of amides is 1. The monoisotopic (exact) mass is 359 g/mol. The highest BCUT2D eigenvalue weighted by Crippen LogP contribution is 2.27. The van der Waals surface area contributed by atoms with E-state index in [9.17, 15) is 4.79 Å². The van der Waals surface area contributed by atoms with E-state index in [2.05, 4.69) is 20.4 Å². The Kier molecular flexibility index (Phi) is 4.13. The smallest absolute Gasteiger partial charge is 0.254 e. The first-order valence-electron chi connectivity index (χ1n) is 8.29. The molecule has 1 aromatic carbocycles. The fourth-order valence-corrected chi connectivity index (χ4v) is 2.75. The molecule has 27 heavy (non-hydrogen) atoms. The standard InChI is InChI=1S/C19H17N7O/c20-14-6-4-12(5-7-14)9-24-19(27)13-10-23-18-16(15-3-1-2-8-22-15)17(21)25-26(18)11-13/h1-8,10-11H,9,20H2,(H2,21,25)(H,24,27). The van der Waals surface area contributed by atoms with Crippen molar-refractivity contribution in [2.24, 2.45) is 0 Å². The van der Waals surface area contributed by atoms with Crippen molar-refractivity contribution < 1.29 is 4.79 Å². The minimum Gasteiger partial charge on any atom is -0.399 e. The lowest BCUT2D eigenvalue weighted by Crippen LogP contribution is -2.23. The summed E-state index contributed by atoms with van der Waals surface area (Å²) in [5, 5.41) is 7.11. The van der Waals surface area contributed by atoms with Crippen LogP contribution in [0.25, 0.3) is 16.9 Å². The van der Waals surface area contributed by atoms with Crippen molar-refractivity contribution >= 4 is 23.1 Å². The zero-order chi connectivity index (χ0) is 18.8. The Morgan fingerprint density at radius 1 is 1.07 bits per heavy atom. The van der Waals surface area contributed by atoms with E-state index in [1.165, 1.54) is 10.7 Å². The second-order valence-electron chi connectivity index (χ2n) is 6.01. The molecule has 0 saturated heterocycles. The van der Waals surface area contributed by atoms with E-state index in [0.717, 1.165) is 5.56 Å². The number of carbonyl (C=O) groups is 1. The lowest BCUT2D eigenvalue weighted by atomic mass is 10.2. The number of rotatable bonds is 4. The molecule has 0 unspecified atom stereocenters. The quantitative estimate of drug-likeness (QED) is 0.478. The third-order valence-electron chi connectivity index (χ3n) is 4.12. The van der Waals surface area contributed by atoms with Gasteiger partial charge in [-0.1, -0.05) is 18.2 Å². The van der Waals surface area contributed by atoms with Crippen LogP contribution in [0, 0.1) is 0 Å². The van der Waals surface area contributed by atoms with E-state index < -0.39 is 0 Å². The van der Waals surface area contributed by atoms with Gasteiger partial charge in [0.1, 0.15) is 0 Å². The van der Waals surface area contributed by atoms with Crippen molar-refractivity contribution in [3.05, 3.63) is 72.2 Å². The van der Waals surface area contributed by atoms with E-state index in [1.54, 1.807) is 24.5 Å². The molecule has 134 valence electrons. The number of nitrogens with zero attached hydrogens (tertiary/aromatic N) is 4. The number of benzene rings is 1. The summed E-state index contributed by atoms with van der Waals surface area (Å²) in [5.74, 6) is 0.0512. The normalized spacial score (nSPS) is 10.8. The SMILES string of the molecule is Nc1ccc(CNC(=O)c2cnc3c(-c4ccccn4)c(N)nn3c2)cc1. The Labute approximate surface area is 154 Å². The molecule has 0 fully saturated rings. The van der Waals surface area contributed by atoms with Gasteiger partial charge in [-0.15, -0.1) is 5.10 Å². The van der Waals surface area contributed by atoms with Crippen LogP contribution < -0.4 is 16.8 Å². The van der Waals surface area contributed by atoms with Crippen molar-refractivity contribution in [1.82, 2.24) is 24.9 Å². The zero-order valence-electron chi connectivity index (χ0n) is 14.3. The van der Waals surface area contributed by atoms with Crippen LogP contribution >= 0.6 is 0 Å². The molecule has 0 bridgehead atoms. The Bertz CT molecular complexity index is 1100. The number of anilines is 2. The molecule has 0 aliphatic carbocycles. The van der Waals surface area contributed by atoms with Gasteiger partial charge in [0.15, 0.2) is 11.5 Å². The van der Waals surface area contributed by atoms with E-state index in [4.69, 9.17) is 11.5 Å². The minimum atomic E-state index is -0.255. The molecular weight excluding hydrogens is 342 g/mol. The van der Waals surface area contributed by atoms with Crippen LogP contribution in [0.4, 0.5) is 11.5 Å². The van der Waals surface area contributed by atoms with Crippen molar-refractivity contribution in [1.29, 1.82) is 0 Å². The molecule has 3 heterocycles. The van der Waals surface area contributed by atoms with Gasteiger partial charge in [0, 0.05) is 30.8 Å². The molecule has 0 spiro atoms. The van der Waals surface area contributed by atoms with E-state index >= 15 is 0 Å². The molecule has 4 rings (SSSR count). The van der Waals surface area contributed by atoms with Crippen LogP contribution in [0.2, 0.25) is 0 Å². The Morgan fingerprint density at radius 2 is 1.89 bits per heavy atom. The lowest BCUT2D eigenvalue weighted by molar-refractivity contribution is 0.0950. The molecule has 0 aliphatic heterocycles. The first-order chi connectivity index (χ1) is 13.1. The van der Waals surface area contributed by atoms with Gasteiger partial charge in [-0.25, -0.2) is 9.50 Å². The summed E-state index contributed by atoms with van der Waals surface area (Å²) >= 11 is 0. The van der Waals surface area contributed by atoms with Crippen molar-refractivity contribution in [3.8, 4) is 11.3 Å². The molecule has 3 aromatic heterocycles. The summed E-state index contributed by atoms with van der Waals surface area (Å²) in [6.45, 7) is 0.386. The number of fused-ring (bicyclic) bond motifs is 1. The second kappa shape index (κ2) is 6.75. The number of pyridine rings is 1. The van der Waals surface area contributed by atoms with Gasteiger partial charge in [0.05, 0.1) is 16.8 Å². The highest BCUT2D eigenvalue weighted by molar-refractivity contribution is 5.94. The number of hydrogen-bond donors (Lipinski definition) is 3. The van der Waals surface area contributed by atoms with Gasteiger partial charge in [0.2, 0.25) is 0 Å². The van der Waals surface area contributed by atoms with Crippen molar-refractivity contribution in [2.75, 3.05) is 11.5 Å².